The number of carbonyl (C=O) groups excluding carboxylic acids is 1. The predicted molar refractivity (Wildman–Crippen MR) is 95.5 cm³/mol. The second-order valence-electron chi connectivity index (χ2n) is 4.45. The molecule has 23 heavy (non-hydrogen) atoms. The summed E-state index contributed by atoms with van der Waals surface area (Å²) in [5.41, 5.74) is 0.508. The Morgan fingerprint density at radius 2 is 1.70 bits per heavy atom. The zero-order valence-electron chi connectivity index (χ0n) is 12.6. The van der Waals surface area contributed by atoms with Crippen molar-refractivity contribution in [2.45, 2.75) is 0 Å². The standard InChI is InChI=1S/C16H15Br2NO4/c1-21-14-8-12(15(22-2)7-11(14)18)19-16(20)9-23-13-6-4-3-5-10(13)17/h3-8H,9H2,1-2H3,(H,19,20). The van der Waals surface area contributed by atoms with Crippen LogP contribution < -0.4 is 19.5 Å². The average Bonchev–Trinajstić information content (AvgIpc) is 2.55. The van der Waals surface area contributed by atoms with E-state index in [0.29, 0.717) is 22.9 Å². The number of methoxy groups -OCH3 is 2. The molecule has 1 amide bonds. The van der Waals surface area contributed by atoms with E-state index < -0.39 is 0 Å². The van der Waals surface area contributed by atoms with E-state index in [1.807, 2.05) is 18.2 Å². The first-order chi connectivity index (χ1) is 11.0. The summed E-state index contributed by atoms with van der Waals surface area (Å²) >= 11 is 6.73. The molecular formula is C16H15Br2NO4. The Balaban J connectivity index is 2.06. The molecule has 0 aliphatic heterocycles. The Hall–Kier alpha value is -1.73. The Bertz CT molecular complexity index is 706. The molecule has 0 heterocycles. The fourth-order valence-corrected chi connectivity index (χ4v) is 2.73. The largest absolute Gasteiger partial charge is 0.495 e. The fourth-order valence-electron chi connectivity index (χ4n) is 1.85. The minimum atomic E-state index is -0.302. The van der Waals surface area contributed by atoms with Crippen LogP contribution in [-0.4, -0.2) is 26.7 Å². The lowest BCUT2D eigenvalue weighted by atomic mass is 10.2. The molecule has 0 aliphatic rings. The summed E-state index contributed by atoms with van der Waals surface area (Å²) in [6.45, 7) is -0.121. The maximum absolute atomic E-state index is 12.1. The van der Waals surface area contributed by atoms with Gasteiger partial charge in [-0.3, -0.25) is 4.79 Å². The van der Waals surface area contributed by atoms with Crippen LogP contribution in [0.1, 0.15) is 0 Å². The number of hydrogen-bond acceptors (Lipinski definition) is 4. The highest BCUT2D eigenvalue weighted by Gasteiger charge is 2.13. The average molecular weight is 445 g/mol. The van der Waals surface area contributed by atoms with E-state index in [2.05, 4.69) is 37.2 Å². The normalized spacial score (nSPS) is 10.1. The lowest BCUT2D eigenvalue weighted by Gasteiger charge is -2.14. The quantitative estimate of drug-likeness (QED) is 0.723. The Labute approximate surface area is 151 Å². The summed E-state index contributed by atoms with van der Waals surface area (Å²) in [6, 6.07) is 10.7. The number of rotatable bonds is 6. The molecule has 0 aliphatic carbocycles. The molecule has 0 saturated carbocycles. The predicted octanol–water partition coefficient (Wildman–Crippen LogP) is 4.25. The molecule has 2 rings (SSSR count). The lowest BCUT2D eigenvalue weighted by molar-refractivity contribution is -0.118. The summed E-state index contributed by atoms with van der Waals surface area (Å²) in [4.78, 5) is 12.1. The summed E-state index contributed by atoms with van der Waals surface area (Å²) in [6.07, 6.45) is 0. The molecule has 122 valence electrons. The van der Waals surface area contributed by atoms with Crippen molar-refractivity contribution in [2.24, 2.45) is 0 Å². The highest BCUT2D eigenvalue weighted by Crippen LogP contribution is 2.36. The Morgan fingerprint density at radius 3 is 2.35 bits per heavy atom. The van der Waals surface area contributed by atoms with Crippen LogP contribution in [0.25, 0.3) is 0 Å². The fraction of sp³-hybridized carbons (Fsp3) is 0.188. The molecule has 5 nitrogen and oxygen atoms in total. The highest BCUT2D eigenvalue weighted by molar-refractivity contribution is 9.10. The molecular weight excluding hydrogens is 430 g/mol. The summed E-state index contributed by atoms with van der Waals surface area (Å²) in [5.74, 6) is 1.41. The Morgan fingerprint density at radius 1 is 1.00 bits per heavy atom. The third-order valence-electron chi connectivity index (χ3n) is 2.94. The number of benzene rings is 2. The van der Waals surface area contributed by atoms with Gasteiger partial charge in [-0.05, 0) is 44.0 Å². The van der Waals surface area contributed by atoms with Crippen LogP contribution in [0, 0.1) is 0 Å². The van der Waals surface area contributed by atoms with Crippen molar-refractivity contribution < 1.29 is 19.0 Å². The summed E-state index contributed by atoms with van der Waals surface area (Å²) < 4.78 is 17.5. The zero-order chi connectivity index (χ0) is 16.8. The van der Waals surface area contributed by atoms with Gasteiger partial charge in [-0.2, -0.15) is 0 Å². The van der Waals surface area contributed by atoms with Gasteiger partial charge in [0.15, 0.2) is 6.61 Å². The first-order valence-electron chi connectivity index (χ1n) is 6.64. The van der Waals surface area contributed by atoms with Crippen LogP contribution in [0.15, 0.2) is 45.3 Å². The van der Waals surface area contributed by atoms with Crippen LogP contribution in [0.3, 0.4) is 0 Å². The first kappa shape index (κ1) is 17.6. The van der Waals surface area contributed by atoms with Crippen LogP contribution >= 0.6 is 31.9 Å². The molecule has 0 atom stereocenters. The molecule has 0 radical (unpaired) electrons. The van der Waals surface area contributed by atoms with E-state index in [-0.39, 0.29) is 12.5 Å². The number of amides is 1. The van der Waals surface area contributed by atoms with Gasteiger partial charge in [0.2, 0.25) is 0 Å². The third-order valence-corrected chi connectivity index (χ3v) is 4.22. The maximum atomic E-state index is 12.1. The number of carbonyl (C=O) groups is 1. The van der Waals surface area contributed by atoms with E-state index in [1.54, 1.807) is 25.3 Å². The van der Waals surface area contributed by atoms with Gasteiger partial charge in [-0.1, -0.05) is 12.1 Å². The number of ether oxygens (including phenoxy) is 3. The van der Waals surface area contributed by atoms with Crippen molar-refractivity contribution >= 4 is 43.5 Å². The van der Waals surface area contributed by atoms with Gasteiger partial charge in [0.25, 0.3) is 5.91 Å². The third kappa shape index (κ3) is 4.62. The topological polar surface area (TPSA) is 56.8 Å². The number of anilines is 1. The molecule has 2 aromatic carbocycles. The van der Waals surface area contributed by atoms with Gasteiger partial charge >= 0.3 is 0 Å². The zero-order valence-corrected chi connectivity index (χ0v) is 15.7. The van der Waals surface area contributed by atoms with Crippen molar-refractivity contribution in [2.75, 3.05) is 26.1 Å². The Kier molecular flexibility index (Phi) is 6.29. The molecule has 0 aromatic heterocycles. The van der Waals surface area contributed by atoms with E-state index in [4.69, 9.17) is 14.2 Å². The van der Waals surface area contributed by atoms with Gasteiger partial charge in [-0.15, -0.1) is 0 Å². The SMILES string of the molecule is COc1cc(NC(=O)COc2ccccc2Br)c(OC)cc1Br. The monoisotopic (exact) mass is 443 g/mol. The number of nitrogens with one attached hydrogen (secondary N) is 1. The van der Waals surface area contributed by atoms with Gasteiger partial charge < -0.3 is 19.5 Å². The first-order valence-corrected chi connectivity index (χ1v) is 8.22. The van der Waals surface area contributed by atoms with Crippen molar-refractivity contribution in [1.82, 2.24) is 0 Å². The smallest absolute Gasteiger partial charge is 0.262 e. The van der Waals surface area contributed by atoms with E-state index in [0.717, 1.165) is 8.95 Å². The van der Waals surface area contributed by atoms with Gasteiger partial charge in [-0.25, -0.2) is 0 Å². The number of para-hydroxylation sites is 1. The minimum absolute atomic E-state index is 0.121. The van der Waals surface area contributed by atoms with Crippen LogP contribution in [-0.2, 0) is 4.79 Å². The van der Waals surface area contributed by atoms with Crippen LogP contribution in [0.5, 0.6) is 17.2 Å². The number of hydrogen-bond donors (Lipinski definition) is 1. The van der Waals surface area contributed by atoms with Crippen molar-refractivity contribution in [3.05, 3.63) is 45.3 Å². The molecule has 2 aromatic rings. The second-order valence-corrected chi connectivity index (χ2v) is 6.16. The molecule has 0 unspecified atom stereocenters. The molecule has 7 heteroatoms. The molecule has 0 bridgehead atoms. The van der Waals surface area contributed by atoms with Crippen molar-refractivity contribution in [3.63, 3.8) is 0 Å². The number of halogens is 2. The van der Waals surface area contributed by atoms with E-state index in [9.17, 15) is 4.79 Å². The van der Waals surface area contributed by atoms with Crippen molar-refractivity contribution in [3.8, 4) is 17.2 Å². The van der Waals surface area contributed by atoms with Gasteiger partial charge in [0.1, 0.15) is 17.2 Å². The molecule has 1 N–H and O–H groups in total. The molecule has 0 spiro atoms. The molecule has 0 fully saturated rings. The van der Waals surface area contributed by atoms with Crippen LogP contribution in [0.4, 0.5) is 5.69 Å². The van der Waals surface area contributed by atoms with Gasteiger partial charge in [0, 0.05) is 12.1 Å². The van der Waals surface area contributed by atoms with Crippen molar-refractivity contribution in [1.29, 1.82) is 0 Å². The highest BCUT2D eigenvalue weighted by atomic mass is 79.9. The minimum Gasteiger partial charge on any atom is -0.495 e. The lowest BCUT2D eigenvalue weighted by Crippen LogP contribution is -2.20. The maximum Gasteiger partial charge on any atom is 0.262 e. The summed E-state index contributed by atoms with van der Waals surface area (Å²) in [5, 5.41) is 2.75. The van der Waals surface area contributed by atoms with E-state index >= 15 is 0 Å². The molecule has 0 saturated heterocycles. The van der Waals surface area contributed by atoms with E-state index in [1.165, 1.54) is 7.11 Å². The van der Waals surface area contributed by atoms with Gasteiger partial charge in [0.05, 0.1) is 28.9 Å². The summed E-state index contributed by atoms with van der Waals surface area (Å²) in [7, 11) is 3.08. The van der Waals surface area contributed by atoms with Crippen LogP contribution in [0.2, 0.25) is 0 Å². The second kappa shape index (κ2) is 8.21.